The van der Waals surface area contributed by atoms with Gasteiger partial charge in [0.05, 0.1) is 12.1 Å². The Morgan fingerprint density at radius 2 is 1.65 bits per heavy atom. The number of fused-ring (bicyclic) bond motifs is 1. The van der Waals surface area contributed by atoms with Gasteiger partial charge in [0.25, 0.3) is 0 Å². The number of benzene rings is 3. The maximum Gasteiger partial charge on any atom is 0.416 e. The van der Waals surface area contributed by atoms with E-state index in [4.69, 9.17) is 0 Å². The normalized spacial score (nSPS) is 11.2. The van der Waals surface area contributed by atoms with Crippen molar-refractivity contribution < 1.29 is 13.2 Å². The number of rotatable bonds is 4. The minimum absolute atomic E-state index is 0.371. The third kappa shape index (κ3) is 4.65. The van der Waals surface area contributed by atoms with Gasteiger partial charge in [-0.05, 0) is 41.0 Å². The second kappa shape index (κ2) is 8.07. The molecule has 0 aliphatic carbocycles. The molecule has 1 N–H and O–H groups in total. The first-order chi connectivity index (χ1) is 12.5. The topological polar surface area (TPSA) is 12.0 Å². The molecule has 4 heteroatoms. The van der Waals surface area contributed by atoms with Crippen LogP contribution in [0.1, 0.15) is 16.7 Å². The molecular weight excluding hydrogens is 335 g/mol. The van der Waals surface area contributed by atoms with Crippen LogP contribution in [0, 0.1) is 11.8 Å². The van der Waals surface area contributed by atoms with Crippen LogP contribution in [0.2, 0.25) is 0 Å². The van der Waals surface area contributed by atoms with E-state index in [-0.39, 0.29) is 0 Å². The lowest BCUT2D eigenvalue weighted by molar-refractivity contribution is -0.137. The summed E-state index contributed by atoms with van der Waals surface area (Å²) in [6, 6.07) is 19.6. The van der Waals surface area contributed by atoms with Gasteiger partial charge in [-0.3, -0.25) is 0 Å². The molecule has 0 bridgehead atoms. The highest BCUT2D eigenvalue weighted by Crippen LogP contribution is 2.29. The van der Waals surface area contributed by atoms with E-state index in [2.05, 4.69) is 41.4 Å². The highest BCUT2D eigenvalue weighted by Gasteiger charge is 2.30. The molecule has 0 amide bonds. The number of hydrogen-bond acceptors (Lipinski definition) is 1. The summed E-state index contributed by atoms with van der Waals surface area (Å²) in [6.07, 6.45) is -3.47. The van der Waals surface area contributed by atoms with Gasteiger partial charge in [-0.2, -0.15) is 13.2 Å². The maximum atomic E-state index is 12.7. The number of alkyl halides is 3. The molecule has 0 aliphatic heterocycles. The predicted molar refractivity (Wildman–Crippen MR) is 98.8 cm³/mol. The summed E-state index contributed by atoms with van der Waals surface area (Å²) in [4.78, 5) is 0. The molecule has 0 aliphatic rings. The van der Waals surface area contributed by atoms with Crippen molar-refractivity contribution in [1.29, 1.82) is 0 Å². The zero-order chi connectivity index (χ0) is 18.4. The largest absolute Gasteiger partial charge is 0.416 e. The molecule has 0 saturated carbocycles. The molecule has 3 rings (SSSR count). The van der Waals surface area contributed by atoms with Crippen LogP contribution < -0.4 is 5.32 Å². The minimum atomic E-state index is -4.34. The Hall–Kier alpha value is -2.77. The summed E-state index contributed by atoms with van der Waals surface area (Å²) in [6.45, 7) is 1.19. The lowest BCUT2D eigenvalue weighted by atomic mass is 10.0. The summed E-state index contributed by atoms with van der Waals surface area (Å²) in [5, 5.41) is 5.68. The van der Waals surface area contributed by atoms with Crippen LogP contribution in [0.3, 0.4) is 0 Å². The van der Waals surface area contributed by atoms with Crippen LogP contribution in [0.4, 0.5) is 13.2 Å². The molecule has 0 saturated heterocycles. The Morgan fingerprint density at radius 1 is 0.885 bits per heavy atom. The van der Waals surface area contributed by atoms with Crippen LogP contribution in [0.15, 0.2) is 66.7 Å². The van der Waals surface area contributed by atoms with Crippen molar-refractivity contribution in [1.82, 2.24) is 5.32 Å². The second-order valence-corrected chi connectivity index (χ2v) is 5.95. The summed E-state index contributed by atoms with van der Waals surface area (Å²) in [7, 11) is 0. The molecule has 26 heavy (non-hydrogen) atoms. The van der Waals surface area contributed by atoms with E-state index in [9.17, 15) is 13.2 Å². The molecule has 1 nitrogen and oxygen atoms in total. The Kier molecular flexibility index (Phi) is 5.60. The van der Waals surface area contributed by atoms with E-state index in [0.717, 1.165) is 25.1 Å². The third-order valence-electron chi connectivity index (χ3n) is 4.09. The Balaban J connectivity index is 1.53. The SMILES string of the molecule is FC(F)(F)c1cccc(C#CCNCCc2cccc3ccccc23)c1. The lowest BCUT2D eigenvalue weighted by Crippen LogP contribution is -2.17. The number of hydrogen-bond donors (Lipinski definition) is 1. The van der Waals surface area contributed by atoms with Gasteiger partial charge in [-0.25, -0.2) is 0 Å². The van der Waals surface area contributed by atoms with Crippen molar-refractivity contribution in [3.05, 3.63) is 83.4 Å². The first-order valence-corrected chi connectivity index (χ1v) is 8.37. The Labute approximate surface area is 150 Å². The number of halogens is 3. The van der Waals surface area contributed by atoms with Gasteiger partial charge in [0.15, 0.2) is 0 Å². The second-order valence-electron chi connectivity index (χ2n) is 5.95. The van der Waals surface area contributed by atoms with E-state index in [1.165, 1.54) is 22.4 Å². The smallest absolute Gasteiger partial charge is 0.306 e. The van der Waals surface area contributed by atoms with Gasteiger partial charge >= 0.3 is 6.18 Å². The van der Waals surface area contributed by atoms with Crippen molar-refractivity contribution in [3.8, 4) is 11.8 Å². The first kappa shape index (κ1) is 18.0. The fourth-order valence-electron chi connectivity index (χ4n) is 2.80. The quantitative estimate of drug-likeness (QED) is 0.512. The fraction of sp³-hybridized carbons (Fsp3) is 0.182. The van der Waals surface area contributed by atoms with Crippen molar-refractivity contribution in [3.63, 3.8) is 0 Å². The highest BCUT2D eigenvalue weighted by atomic mass is 19.4. The van der Waals surface area contributed by atoms with E-state index in [1.54, 1.807) is 6.07 Å². The van der Waals surface area contributed by atoms with Crippen LogP contribution in [-0.2, 0) is 12.6 Å². The molecule has 0 heterocycles. The maximum absolute atomic E-state index is 12.7. The molecule has 0 atom stereocenters. The van der Waals surface area contributed by atoms with Gasteiger partial charge in [0.1, 0.15) is 0 Å². The molecule has 0 radical (unpaired) electrons. The summed E-state index contributed by atoms with van der Waals surface area (Å²) in [5.74, 6) is 5.65. The zero-order valence-corrected chi connectivity index (χ0v) is 14.1. The van der Waals surface area contributed by atoms with Crippen LogP contribution in [0.5, 0.6) is 0 Å². The van der Waals surface area contributed by atoms with Crippen LogP contribution in [-0.4, -0.2) is 13.1 Å². The standard InChI is InChI=1S/C22H18F3N/c23-22(24,25)20-11-3-6-17(16-20)7-5-14-26-15-13-19-10-4-9-18-8-1-2-12-21(18)19/h1-4,6,8-12,16,26H,13-15H2. The Morgan fingerprint density at radius 3 is 2.50 bits per heavy atom. The summed E-state index contributed by atoms with van der Waals surface area (Å²) in [5.41, 5.74) is 0.963. The Bertz CT molecular complexity index is 943. The molecule has 0 fully saturated rings. The van der Waals surface area contributed by atoms with Crippen molar-refractivity contribution in [2.45, 2.75) is 12.6 Å². The van der Waals surface area contributed by atoms with Gasteiger partial charge in [0.2, 0.25) is 0 Å². The third-order valence-corrected chi connectivity index (χ3v) is 4.09. The summed E-state index contributed by atoms with van der Waals surface area (Å²) >= 11 is 0. The van der Waals surface area contributed by atoms with Crippen LogP contribution in [0.25, 0.3) is 10.8 Å². The van der Waals surface area contributed by atoms with Gasteiger partial charge in [-0.1, -0.05) is 60.4 Å². The van der Waals surface area contributed by atoms with Crippen molar-refractivity contribution in [2.24, 2.45) is 0 Å². The molecule has 132 valence electrons. The van der Waals surface area contributed by atoms with E-state index in [0.29, 0.717) is 12.1 Å². The average Bonchev–Trinajstić information content (AvgIpc) is 2.64. The van der Waals surface area contributed by atoms with Crippen LogP contribution >= 0.6 is 0 Å². The van der Waals surface area contributed by atoms with E-state index >= 15 is 0 Å². The van der Waals surface area contributed by atoms with E-state index < -0.39 is 11.7 Å². The molecule has 3 aromatic carbocycles. The van der Waals surface area contributed by atoms with Gasteiger partial charge in [0, 0.05) is 12.1 Å². The molecule has 0 spiro atoms. The molecule has 0 aromatic heterocycles. The zero-order valence-electron chi connectivity index (χ0n) is 14.1. The minimum Gasteiger partial charge on any atom is -0.306 e. The van der Waals surface area contributed by atoms with Gasteiger partial charge in [-0.15, -0.1) is 0 Å². The predicted octanol–water partition coefficient (Wildman–Crippen LogP) is 5.04. The first-order valence-electron chi connectivity index (χ1n) is 8.37. The fourth-order valence-corrected chi connectivity index (χ4v) is 2.80. The molecular formula is C22H18F3N. The number of nitrogens with one attached hydrogen (secondary N) is 1. The molecule has 3 aromatic rings. The van der Waals surface area contributed by atoms with Gasteiger partial charge < -0.3 is 5.32 Å². The van der Waals surface area contributed by atoms with Crippen molar-refractivity contribution >= 4 is 10.8 Å². The average molecular weight is 353 g/mol. The highest BCUT2D eigenvalue weighted by molar-refractivity contribution is 5.85. The lowest BCUT2D eigenvalue weighted by Gasteiger charge is -2.06. The van der Waals surface area contributed by atoms with E-state index in [1.807, 2.05) is 18.2 Å². The monoisotopic (exact) mass is 353 g/mol. The molecule has 0 unspecified atom stereocenters. The summed E-state index contributed by atoms with van der Waals surface area (Å²) < 4.78 is 38.0. The van der Waals surface area contributed by atoms with Crippen molar-refractivity contribution in [2.75, 3.05) is 13.1 Å².